The predicted octanol–water partition coefficient (Wildman–Crippen LogP) is 19.6. The first kappa shape index (κ1) is 64.4. The molecular weight excluding hydrogens is 1330 g/mol. The van der Waals surface area contributed by atoms with Gasteiger partial charge in [0.1, 0.15) is 13.2 Å². The van der Waals surface area contributed by atoms with Gasteiger partial charge in [-0.15, -0.1) is 0 Å². The second kappa shape index (κ2) is 27.6. The Morgan fingerprint density at radius 3 is 1.10 bits per heavy atom. The van der Waals surface area contributed by atoms with Crippen LogP contribution in [0.15, 0.2) is 352 Å². The van der Waals surface area contributed by atoms with Crippen LogP contribution in [-0.2, 0) is 22.7 Å². The van der Waals surface area contributed by atoms with E-state index >= 15 is 0 Å². The molecule has 0 atom stereocenters. The van der Waals surface area contributed by atoms with E-state index in [0.29, 0.717) is 73.7 Å². The second-order valence-corrected chi connectivity index (χ2v) is 26.8. The van der Waals surface area contributed by atoms with E-state index in [4.69, 9.17) is 39.4 Å². The first-order chi connectivity index (χ1) is 53.4. The van der Waals surface area contributed by atoms with Crippen LogP contribution in [-0.4, -0.2) is 53.1 Å². The minimum absolute atomic E-state index is 0.0398. The summed E-state index contributed by atoms with van der Waals surface area (Å²) in [6, 6.07) is 118. The average Bonchev–Trinajstić information content (AvgIpc) is 0.925. The van der Waals surface area contributed by atoms with E-state index in [1.165, 1.54) is 22.1 Å². The van der Waals surface area contributed by atoms with Crippen LogP contribution in [0.2, 0.25) is 0 Å². The number of carbonyl (C=O) groups is 2. The standard InChI is InChI=1S/C94H62BN9O4/c105-93(107-59-61-24-7-1-8-25-61)70-49-54-79-74(57-70)75-58-71(94(106)108-60-62-26-9-2-10-27-62)50-55-80(75)104(79)81-53-48-69(91-98-87(65-28-11-3-12-29-65)96-88(99-91)66-30-13-4-14-31-66)56-76(81)92-100-89(67-32-15-5-16-33-67)97-90(101-92)68-44-42-63(43-45-68)64-46-51-73(52-47-64)103-83-39-22-20-37-78(83)95-77-36-19-21-38-82(77)102(72-34-17-6-18-35-72)84-40-23-41-85(103)86(84)95/h1-58H,59-60H2. The van der Waals surface area contributed by atoms with Crippen molar-refractivity contribution in [1.82, 2.24) is 34.5 Å². The maximum atomic E-state index is 14.2. The monoisotopic (exact) mass is 1390 g/mol. The highest BCUT2D eigenvalue weighted by Crippen LogP contribution is 2.45. The number of aromatic nitrogens is 7. The average molecular weight is 1390 g/mol. The lowest BCUT2D eigenvalue weighted by Crippen LogP contribution is -2.61. The summed E-state index contributed by atoms with van der Waals surface area (Å²) in [5, 5.41) is 1.37. The first-order valence-electron chi connectivity index (χ1n) is 35.9. The van der Waals surface area contributed by atoms with Crippen LogP contribution >= 0.6 is 0 Å². The maximum absolute atomic E-state index is 14.2. The van der Waals surface area contributed by atoms with Gasteiger partial charge in [-0.3, -0.25) is 0 Å². The Bertz CT molecular complexity index is 6120. The molecule has 108 heavy (non-hydrogen) atoms. The number of benzene rings is 14. The fraction of sp³-hybridized carbons (Fsp3) is 0.0213. The van der Waals surface area contributed by atoms with Crippen molar-refractivity contribution in [3.63, 3.8) is 0 Å². The molecule has 0 saturated carbocycles. The van der Waals surface area contributed by atoms with Crippen LogP contribution in [0.4, 0.5) is 34.1 Å². The smallest absolute Gasteiger partial charge is 0.338 e. The minimum Gasteiger partial charge on any atom is -0.457 e. The molecule has 14 heteroatoms. The van der Waals surface area contributed by atoms with E-state index in [9.17, 15) is 9.59 Å². The zero-order valence-corrected chi connectivity index (χ0v) is 58.1. The fourth-order valence-electron chi connectivity index (χ4n) is 15.1. The normalized spacial score (nSPS) is 12.0. The van der Waals surface area contributed by atoms with E-state index in [1.54, 1.807) is 12.1 Å². The van der Waals surface area contributed by atoms with Gasteiger partial charge in [0.15, 0.2) is 34.9 Å². The van der Waals surface area contributed by atoms with Gasteiger partial charge in [-0.2, -0.15) is 0 Å². The molecule has 14 aromatic carbocycles. The van der Waals surface area contributed by atoms with Crippen LogP contribution in [0.3, 0.4) is 0 Å². The molecule has 0 spiro atoms. The SMILES string of the molecule is O=C(OCc1ccccc1)c1ccc2c(c1)c1cc(C(=O)OCc3ccccc3)ccc1n2-c1ccc(-c2nc(-c3ccccc3)nc(-c3ccccc3)n2)cc1-c1nc(-c2ccccc2)nc(-c2ccc(-c3ccc(N4c5ccccc5B5c6ccccc6N(c6ccccc6)c6cccc4c65)cc3)cc2)n1. The Hall–Kier alpha value is -14.5. The molecule has 19 rings (SSSR count). The summed E-state index contributed by atoms with van der Waals surface area (Å²) >= 11 is 0. The van der Waals surface area contributed by atoms with Gasteiger partial charge in [-0.05, 0) is 142 Å². The molecule has 510 valence electrons. The Balaban J connectivity index is 0.743. The number of anilines is 6. The molecule has 0 saturated heterocycles. The Kier molecular flexibility index (Phi) is 16.4. The number of rotatable bonds is 16. The summed E-state index contributed by atoms with van der Waals surface area (Å²) < 4.78 is 14.0. The zero-order valence-electron chi connectivity index (χ0n) is 58.1. The zero-order chi connectivity index (χ0) is 72.0. The van der Waals surface area contributed by atoms with Gasteiger partial charge in [0.05, 0.1) is 27.8 Å². The van der Waals surface area contributed by atoms with Crippen molar-refractivity contribution in [2.75, 3.05) is 9.80 Å². The lowest BCUT2D eigenvalue weighted by atomic mass is 9.33. The van der Waals surface area contributed by atoms with Crippen molar-refractivity contribution >= 4 is 91.0 Å². The summed E-state index contributed by atoms with van der Waals surface area (Å²) in [5.74, 6) is 1.67. The maximum Gasteiger partial charge on any atom is 0.338 e. The highest BCUT2D eigenvalue weighted by atomic mass is 16.5. The largest absolute Gasteiger partial charge is 0.457 e. The van der Waals surface area contributed by atoms with Gasteiger partial charge in [-0.1, -0.05) is 249 Å². The topological polar surface area (TPSA) is 141 Å². The van der Waals surface area contributed by atoms with Crippen molar-refractivity contribution < 1.29 is 19.1 Å². The summed E-state index contributed by atoms with van der Waals surface area (Å²) in [6.45, 7) is 0.213. The number of fused-ring (bicyclic) bond motifs is 7. The molecule has 3 aromatic heterocycles. The molecule has 2 aliphatic rings. The number of hydrogen-bond donors (Lipinski definition) is 0. The van der Waals surface area contributed by atoms with Crippen molar-refractivity contribution in [3.05, 3.63) is 374 Å². The third kappa shape index (κ3) is 11.9. The number of esters is 2. The molecule has 0 unspecified atom stereocenters. The molecule has 13 nitrogen and oxygen atoms in total. The Morgan fingerprint density at radius 2 is 0.639 bits per heavy atom. The molecule has 0 radical (unpaired) electrons. The van der Waals surface area contributed by atoms with Crippen molar-refractivity contribution in [2.45, 2.75) is 13.2 Å². The molecule has 0 aliphatic carbocycles. The quantitative estimate of drug-likeness (QED) is 0.0671. The van der Waals surface area contributed by atoms with E-state index < -0.39 is 11.9 Å². The number of nitrogens with zero attached hydrogens (tertiary/aromatic N) is 9. The lowest BCUT2D eigenvalue weighted by Gasteiger charge is -2.44. The van der Waals surface area contributed by atoms with Gasteiger partial charge in [0, 0.05) is 78.3 Å². The highest BCUT2D eigenvalue weighted by Gasteiger charge is 2.43. The first-order valence-corrected chi connectivity index (χ1v) is 35.9. The number of hydrogen-bond acceptors (Lipinski definition) is 12. The Labute approximate surface area is 623 Å². The van der Waals surface area contributed by atoms with E-state index in [2.05, 4.69) is 160 Å². The molecular formula is C94H62BN9O4. The second-order valence-electron chi connectivity index (χ2n) is 26.8. The number of ether oxygens (including phenoxy) is 2. The molecule has 17 aromatic rings. The van der Waals surface area contributed by atoms with E-state index in [0.717, 1.165) is 84.0 Å². The lowest BCUT2D eigenvalue weighted by molar-refractivity contribution is 0.0464. The van der Waals surface area contributed by atoms with Crippen molar-refractivity contribution in [3.8, 4) is 85.1 Å². The van der Waals surface area contributed by atoms with Crippen LogP contribution in [0, 0.1) is 0 Å². The number of carbonyl (C=O) groups excluding carboxylic acids is 2. The van der Waals surface area contributed by atoms with Crippen LogP contribution in [0.1, 0.15) is 31.8 Å². The fourth-order valence-corrected chi connectivity index (χ4v) is 15.1. The van der Waals surface area contributed by atoms with Crippen molar-refractivity contribution in [2.24, 2.45) is 0 Å². The van der Waals surface area contributed by atoms with Crippen molar-refractivity contribution in [1.29, 1.82) is 0 Å². The molecule has 0 fully saturated rings. The van der Waals surface area contributed by atoms with Gasteiger partial charge >= 0.3 is 11.9 Å². The highest BCUT2D eigenvalue weighted by molar-refractivity contribution is 7.00. The molecule has 0 N–H and O–H groups in total. The molecule has 2 aliphatic heterocycles. The number of para-hydroxylation sites is 3. The van der Waals surface area contributed by atoms with Gasteiger partial charge in [0.25, 0.3) is 6.71 Å². The van der Waals surface area contributed by atoms with Crippen LogP contribution < -0.4 is 26.2 Å². The summed E-state index contributed by atoms with van der Waals surface area (Å²) in [5.41, 5.74) is 21.6. The Morgan fingerprint density at radius 1 is 0.287 bits per heavy atom. The summed E-state index contributed by atoms with van der Waals surface area (Å²) in [4.78, 5) is 64.9. The van der Waals surface area contributed by atoms with Crippen LogP contribution in [0.5, 0.6) is 0 Å². The third-order valence-corrected chi connectivity index (χ3v) is 20.2. The van der Waals surface area contributed by atoms with E-state index in [-0.39, 0.29) is 19.9 Å². The molecule has 0 amide bonds. The minimum atomic E-state index is -0.499. The van der Waals surface area contributed by atoms with Crippen LogP contribution in [0.25, 0.3) is 107 Å². The predicted molar refractivity (Wildman–Crippen MR) is 431 cm³/mol. The van der Waals surface area contributed by atoms with Gasteiger partial charge in [0.2, 0.25) is 0 Å². The summed E-state index contributed by atoms with van der Waals surface area (Å²) in [6.07, 6.45) is 0. The molecule has 0 bridgehead atoms. The summed E-state index contributed by atoms with van der Waals surface area (Å²) in [7, 11) is 0. The van der Waals surface area contributed by atoms with Gasteiger partial charge < -0.3 is 23.8 Å². The van der Waals surface area contributed by atoms with E-state index in [1.807, 2.05) is 194 Å². The third-order valence-electron chi connectivity index (χ3n) is 20.2. The molecule has 5 heterocycles. The van der Waals surface area contributed by atoms with Gasteiger partial charge in [-0.25, -0.2) is 39.5 Å².